The van der Waals surface area contributed by atoms with Crippen LogP contribution in [0.2, 0.25) is 0 Å². The highest BCUT2D eigenvalue weighted by atomic mass is 16.5. The Labute approximate surface area is 99.3 Å². The summed E-state index contributed by atoms with van der Waals surface area (Å²) in [5, 5.41) is 2.26. The van der Waals surface area contributed by atoms with Crippen molar-refractivity contribution in [3.63, 3.8) is 0 Å². The minimum absolute atomic E-state index is 0.0872. The van der Waals surface area contributed by atoms with Crippen molar-refractivity contribution >= 4 is 17.8 Å². The number of hydrogen-bond donors (Lipinski definition) is 1. The smallest absolute Gasteiger partial charge is 0.320 e. The molecule has 17 heavy (non-hydrogen) atoms. The van der Waals surface area contributed by atoms with Gasteiger partial charge in [0, 0.05) is 6.04 Å². The molecule has 0 aromatic heterocycles. The van der Waals surface area contributed by atoms with E-state index in [9.17, 15) is 14.4 Å². The van der Waals surface area contributed by atoms with Crippen LogP contribution in [0.25, 0.3) is 0 Å². The number of nitrogens with one attached hydrogen (secondary N) is 1. The standard InChI is InChI=1S/C11H16N2O4/c1-2-17-10(15)6-13(7-3-4-7)8-5-9(14)12-11(8)16/h7-8H,2-6H2,1H3,(H,12,14,16). The zero-order chi connectivity index (χ0) is 12.4. The summed E-state index contributed by atoms with van der Waals surface area (Å²) in [4.78, 5) is 36.0. The quantitative estimate of drug-likeness (QED) is 0.514. The van der Waals surface area contributed by atoms with Gasteiger partial charge in [0.25, 0.3) is 0 Å². The summed E-state index contributed by atoms with van der Waals surface area (Å²) in [6.07, 6.45) is 2.09. The predicted octanol–water partition coefficient (Wildman–Crippen LogP) is -0.571. The van der Waals surface area contributed by atoms with Crippen molar-refractivity contribution in [3.8, 4) is 0 Å². The summed E-state index contributed by atoms with van der Waals surface area (Å²) in [7, 11) is 0. The van der Waals surface area contributed by atoms with Gasteiger partial charge in [-0.15, -0.1) is 0 Å². The van der Waals surface area contributed by atoms with Crippen LogP contribution in [0.1, 0.15) is 26.2 Å². The number of hydrogen-bond acceptors (Lipinski definition) is 5. The molecule has 1 unspecified atom stereocenters. The Morgan fingerprint density at radius 2 is 2.18 bits per heavy atom. The first-order chi connectivity index (χ1) is 8.11. The summed E-state index contributed by atoms with van der Waals surface area (Å²) in [5.74, 6) is -0.910. The third-order valence-electron chi connectivity index (χ3n) is 2.98. The van der Waals surface area contributed by atoms with E-state index in [2.05, 4.69) is 5.32 Å². The minimum Gasteiger partial charge on any atom is -0.465 e. The molecule has 2 amide bonds. The van der Waals surface area contributed by atoms with Crippen LogP contribution < -0.4 is 5.32 Å². The Morgan fingerprint density at radius 3 is 2.65 bits per heavy atom. The lowest BCUT2D eigenvalue weighted by Crippen LogP contribution is -2.45. The van der Waals surface area contributed by atoms with Crippen LogP contribution >= 0.6 is 0 Å². The fraction of sp³-hybridized carbons (Fsp3) is 0.727. The van der Waals surface area contributed by atoms with Gasteiger partial charge in [0.05, 0.1) is 25.6 Å². The van der Waals surface area contributed by atoms with Gasteiger partial charge in [-0.1, -0.05) is 0 Å². The molecule has 1 heterocycles. The van der Waals surface area contributed by atoms with E-state index in [4.69, 9.17) is 4.74 Å². The molecule has 1 aliphatic carbocycles. The Balaban J connectivity index is 1.99. The molecule has 6 heteroatoms. The van der Waals surface area contributed by atoms with Gasteiger partial charge in [0.15, 0.2) is 0 Å². The fourth-order valence-electron chi connectivity index (χ4n) is 2.06. The van der Waals surface area contributed by atoms with E-state index >= 15 is 0 Å². The lowest BCUT2D eigenvalue weighted by Gasteiger charge is -2.24. The molecule has 0 bridgehead atoms. The van der Waals surface area contributed by atoms with E-state index in [0.29, 0.717) is 6.61 Å². The number of carbonyl (C=O) groups excluding carboxylic acids is 3. The molecule has 2 aliphatic rings. The van der Waals surface area contributed by atoms with Gasteiger partial charge < -0.3 is 4.74 Å². The molecular formula is C11H16N2O4. The van der Waals surface area contributed by atoms with Crippen LogP contribution in [0.3, 0.4) is 0 Å². The first-order valence-corrected chi connectivity index (χ1v) is 5.87. The number of rotatable bonds is 5. The maximum atomic E-state index is 11.6. The van der Waals surface area contributed by atoms with E-state index in [1.165, 1.54) is 0 Å². The predicted molar refractivity (Wildman–Crippen MR) is 57.9 cm³/mol. The van der Waals surface area contributed by atoms with Crippen molar-refractivity contribution in [2.45, 2.75) is 38.3 Å². The van der Waals surface area contributed by atoms with Crippen molar-refractivity contribution in [1.82, 2.24) is 10.2 Å². The van der Waals surface area contributed by atoms with E-state index < -0.39 is 6.04 Å². The number of carbonyl (C=O) groups is 3. The van der Waals surface area contributed by atoms with Gasteiger partial charge in [-0.25, -0.2) is 0 Å². The maximum Gasteiger partial charge on any atom is 0.320 e. The molecule has 94 valence electrons. The molecule has 0 aromatic carbocycles. The molecule has 1 aliphatic heterocycles. The van der Waals surface area contributed by atoms with Gasteiger partial charge in [0.2, 0.25) is 11.8 Å². The number of imide groups is 1. The largest absolute Gasteiger partial charge is 0.465 e. The van der Waals surface area contributed by atoms with E-state index in [-0.39, 0.29) is 36.8 Å². The molecule has 2 fully saturated rings. The summed E-state index contributed by atoms with van der Waals surface area (Å²) in [5.41, 5.74) is 0. The molecule has 1 N–H and O–H groups in total. The third kappa shape index (κ3) is 2.82. The van der Waals surface area contributed by atoms with Crippen molar-refractivity contribution in [2.24, 2.45) is 0 Å². The second-order valence-corrected chi connectivity index (χ2v) is 4.34. The average molecular weight is 240 g/mol. The number of esters is 1. The Kier molecular flexibility index (Phi) is 3.42. The monoisotopic (exact) mass is 240 g/mol. The highest BCUT2D eigenvalue weighted by molar-refractivity contribution is 6.05. The Morgan fingerprint density at radius 1 is 1.47 bits per heavy atom. The molecule has 1 atom stereocenters. The van der Waals surface area contributed by atoms with Gasteiger partial charge in [-0.05, 0) is 19.8 Å². The Bertz CT molecular complexity index is 351. The zero-order valence-corrected chi connectivity index (χ0v) is 9.77. The zero-order valence-electron chi connectivity index (χ0n) is 9.77. The summed E-state index contributed by atoms with van der Waals surface area (Å²) in [6.45, 7) is 2.15. The molecule has 6 nitrogen and oxygen atoms in total. The summed E-state index contributed by atoms with van der Waals surface area (Å²) < 4.78 is 4.87. The van der Waals surface area contributed by atoms with Crippen LogP contribution in [-0.4, -0.2) is 47.9 Å². The molecule has 1 saturated heterocycles. The average Bonchev–Trinajstić information content (AvgIpc) is 3.02. The molecule has 1 saturated carbocycles. The molecule has 0 spiro atoms. The number of nitrogens with zero attached hydrogens (tertiary/aromatic N) is 1. The summed E-state index contributed by atoms with van der Waals surface area (Å²) in [6, 6.07) is -0.263. The first kappa shape index (κ1) is 12.0. The lowest BCUT2D eigenvalue weighted by atomic mass is 10.2. The second-order valence-electron chi connectivity index (χ2n) is 4.34. The topological polar surface area (TPSA) is 75.7 Å². The maximum absolute atomic E-state index is 11.6. The van der Waals surface area contributed by atoms with Crippen LogP contribution in [0.5, 0.6) is 0 Å². The van der Waals surface area contributed by atoms with Crippen molar-refractivity contribution in [3.05, 3.63) is 0 Å². The third-order valence-corrected chi connectivity index (χ3v) is 2.98. The summed E-state index contributed by atoms with van der Waals surface area (Å²) >= 11 is 0. The van der Waals surface area contributed by atoms with Crippen molar-refractivity contribution in [1.29, 1.82) is 0 Å². The highest BCUT2D eigenvalue weighted by Crippen LogP contribution is 2.30. The molecular weight excluding hydrogens is 224 g/mol. The van der Waals surface area contributed by atoms with Crippen LogP contribution in [0, 0.1) is 0 Å². The van der Waals surface area contributed by atoms with Crippen LogP contribution in [-0.2, 0) is 19.1 Å². The highest BCUT2D eigenvalue weighted by Gasteiger charge is 2.42. The molecule has 2 rings (SSSR count). The second kappa shape index (κ2) is 4.83. The van der Waals surface area contributed by atoms with Crippen LogP contribution in [0.15, 0.2) is 0 Å². The van der Waals surface area contributed by atoms with Crippen molar-refractivity contribution in [2.75, 3.05) is 13.2 Å². The van der Waals surface area contributed by atoms with E-state index in [1.807, 2.05) is 0 Å². The number of ether oxygens (including phenoxy) is 1. The fourth-order valence-corrected chi connectivity index (χ4v) is 2.06. The van der Waals surface area contributed by atoms with Gasteiger partial charge >= 0.3 is 5.97 Å². The molecule has 0 radical (unpaired) electrons. The van der Waals surface area contributed by atoms with Crippen LogP contribution in [0.4, 0.5) is 0 Å². The SMILES string of the molecule is CCOC(=O)CN(C1CC1)C1CC(=O)NC1=O. The van der Waals surface area contributed by atoms with Gasteiger partial charge in [-0.2, -0.15) is 0 Å². The van der Waals surface area contributed by atoms with E-state index in [0.717, 1.165) is 12.8 Å². The lowest BCUT2D eigenvalue weighted by molar-refractivity contribution is -0.145. The first-order valence-electron chi connectivity index (χ1n) is 5.87. The van der Waals surface area contributed by atoms with Gasteiger partial charge in [0.1, 0.15) is 0 Å². The normalized spacial score (nSPS) is 24.0. The number of amides is 2. The minimum atomic E-state index is -0.501. The Hall–Kier alpha value is -1.43. The van der Waals surface area contributed by atoms with Gasteiger partial charge in [-0.3, -0.25) is 24.6 Å². The molecule has 0 aromatic rings. The van der Waals surface area contributed by atoms with E-state index in [1.54, 1.807) is 11.8 Å². The van der Waals surface area contributed by atoms with Crippen molar-refractivity contribution < 1.29 is 19.1 Å².